The number of halogens is 3. The van der Waals surface area contributed by atoms with Crippen LogP contribution in [0.25, 0.3) is 11.3 Å². The number of anilines is 1. The summed E-state index contributed by atoms with van der Waals surface area (Å²) in [6.45, 7) is 0. The molecule has 0 bridgehead atoms. The van der Waals surface area contributed by atoms with E-state index in [0.717, 1.165) is 12.3 Å². The third-order valence-corrected chi connectivity index (χ3v) is 2.05. The van der Waals surface area contributed by atoms with Gasteiger partial charge in [0, 0.05) is 17.3 Å². The van der Waals surface area contributed by atoms with Crippen LogP contribution in [0, 0.1) is 17.5 Å². The number of hydrogen-bond acceptors (Lipinski definition) is 2. The number of nitrogens with two attached hydrogens (primary N) is 1. The van der Waals surface area contributed by atoms with E-state index in [4.69, 9.17) is 5.73 Å². The minimum absolute atomic E-state index is 0.0856. The molecule has 1 aromatic carbocycles. The summed E-state index contributed by atoms with van der Waals surface area (Å²) >= 11 is 0. The predicted octanol–water partition coefficient (Wildman–Crippen LogP) is 2.75. The largest absolute Gasteiger partial charge is 0.399 e. The molecule has 0 spiro atoms. The van der Waals surface area contributed by atoms with Gasteiger partial charge in [-0.05, 0) is 18.2 Å². The van der Waals surface area contributed by atoms with E-state index in [1.165, 1.54) is 12.1 Å². The third-order valence-electron chi connectivity index (χ3n) is 2.05. The topological polar surface area (TPSA) is 38.9 Å². The summed E-state index contributed by atoms with van der Waals surface area (Å²) in [7, 11) is 0. The minimum Gasteiger partial charge on any atom is -0.399 e. The van der Waals surface area contributed by atoms with E-state index >= 15 is 0 Å². The van der Waals surface area contributed by atoms with Gasteiger partial charge < -0.3 is 5.73 Å². The van der Waals surface area contributed by atoms with Crippen molar-refractivity contribution in [1.29, 1.82) is 0 Å². The van der Waals surface area contributed by atoms with Gasteiger partial charge in [0.25, 0.3) is 0 Å². The summed E-state index contributed by atoms with van der Waals surface area (Å²) in [5.41, 5.74) is 5.39. The van der Waals surface area contributed by atoms with Gasteiger partial charge in [0.05, 0.1) is 6.20 Å². The highest BCUT2D eigenvalue weighted by molar-refractivity contribution is 5.65. The Morgan fingerprint density at radius 2 is 1.75 bits per heavy atom. The molecule has 0 fully saturated rings. The SMILES string of the molecule is Nc1ccc(F)c(-c2ncc(F)cc2F)c1. The van der Waals surface area contributed by atoms with E-state index in [2.05, 4.69) is 4.98 Å². The number of pyridine rings is 1. The lowest BCUT2D eigenvalue weighted by molar-refractivity contribution is 0.573. The molecule has 0 atom stereocenters. The molecule has 2 N–H and O–H groups in total. The van der Waals surface area contributed by atoms with Crippen molar-refractivity contribution in [3.8, 4) is 11.3 Å². The Hall–Kier alpha value is -2.04. The lowest BCUT2D eigenvalue weighted by atomic mass is 10.1. The second-order valence-electron chi connectivity index (χ2n) is 3.22. The van der Waals surface area contributed by atoms with E-state index in [-0.39, 0.29) is 16.9 Å². The van der Waals surface area contributed by atoms with Crippen LogP contribution in [-0.4, -0.2) is 4.98 Å². The smallest absolute Gasteiger partial charge is 0.152 e. The van der Waals surface area contributed by atoms with Gasteiger partial charge in [0.2, 0.25) is 0 Å². The van der Waals surface area contributed by atoms with E-state index < -0.39 is 17.5 Å². The standard InChI is InChI=1S/C11H7F3N2/c12-6-3-10(14)11(16-5-6)8-4-7(15)1-2-9(8)13/h1-5H,15H2. The Morgan fingerprint density at radius 1 is 1.00 bits per heavy atom. The molecule has 2 nitrogen and oxygen atoms in total. The first-order valence-corrected chi connectivity index (χ1v) is 4.44. The van der Waals surface area contributed by atoms with Crippen molar-refractivity contribution in [1.82, 2.24) is 4.98 Å². The Labute approximate surface area is 89.5 Å². The maximum atomic E-state index is 13.4. The van der Waals surface area contributed by atoms with E-state index in [1.807, 2.05) is 0 Å². The van der Waals surface area contributed by atoms with Gasteiger partial charge in [-0.15, -0.1) is 0 Å². The molecule has 0 aliphatic heterocycles. The summed E-state index contributed by atoms with van der Waals surface area (Å²) in [6.07, 6.45) is 0.820. The Balaban J connectivity index is 2.62. The molecule has 16 heavy (non-hydrogen) atoms. The fourth-order valence-electron chi connectivity index (χ4n) is 1.34. The molecule has 2 rings (SSSR count). The highest BCUT2D eigenvalue weighted by Gasteiger charge is 2.12. The molecule has 0 saturated heterocycles. The molecule has 0 radical (unpaired) electrons. The first kappa shape index (κ1) is 10.5. The van der Waals surface area contributed by atoms with Crippen molar-refractivity contribution in [2.45, 2.75) is 0 Å². The summed E-state index contributed by atoms with van der Waals surface area (Å²) in [5, 5.41) is 0. The molecule has 1 heterocycles. The van der Waals surface area contributed by atoms with Crippen LogP contribution in [0.2, 0.25) is 0 Å². The lowest BCUT2D eigenvalue weighted by Gasteiger charge is -2.05. The van der Waals surface area contributed by atoms with E-state index in [1.54, 1.807) is 0 Å². The van der Waals surface area contributed by atoms with E-state index in [0.29, 0.717) is 6.07 Å². The number of benzene rings is 1. The predicted molar refractivity (Wildman–Crippen MR) is 54.0 cm³/mol. The molecular formula is C11H7F3N2. The maximum absolute atomic E-state index is 13.4. The van der Waals surface area contributed by atoms with Gasteiger partial charge in [-0.2, -0.15) is 0 Å². The summed E-state index contributed by atoms with van der Waals surface area (Å²) in [5.74, 6) is -2.40. The zero-order valence-electron chi connectivity index (χ0n) is 8.05. The maximum Gasteiger partial charge on any atom is 0.152 e. The van der Waals surface area contributed by atoms with Crippen molar-refractivity contribution in [3.63, 3.8) is 0 Å². The quantitative estimate of drug-likeness (QED) is 0.756. The first-order chi connectivity index (χ1) is 7.58. The van der Waals surface area contributed by atoms with Crippen LogP contribution in [0.5, 0.6) is 0 Å². The molecule has 0 amide bonds. The van der Waals surface area contributed by atoms with Gasteiger partial charge in [0.15, 0.2) is 5.82 Å². The second-order valence-corrected chi connectivity index (χ2v) is 3.22. The van der Waals surface area contributed by atoms with Crippen LogP contribution in [-0.2, 0) is 0 Å². The summed E-state index contributed by atoms with van der Waals surface area (Å²) in [6, 6.07) is 4.35. The second kappa shape index (κ2) is 3.84. The van der Waals surface area contributed by atoms with Crippen LogP contribution >= 0.6 is 0 Å². The zero-order chi connectivity index (χ0) is 11.7. The van der Waals surface area contributed by atoms with Crippen LogP contribution in [0.1, 0.15) is 0 Å². The van der Waals surface area contributed by atoms with E-state index in [9.17, 15) is 13.2 Å². The monoisotopic (exact) mass is 224 g/mol. The normalized spacial score (nSPS) is 10.4. The molecule has 82 valence electrons. The molecule has 2 aromatic rings. The molecule has 0 saturated carbocycles. The van der Waals surface area contributed by atoms with Crippen LogP contribution in [0.4, 0.5) is 18.9 Å². The summed E-state index contributed by atoms with van der Waals surface area (Å²) in [4.78, 5) is 3.50. The third kappa shape index (κ3) is 1.84. The average Bonchev–Trinajstić information content (AvgIpc) is 2.22. The van der Waals surface area contributed by atoms with Crippen molar-refractivity contribution in [3.05, 3.63) is 47.9 Å². The van der Waals surface area contributed by atoms with Crippen LogP contribution in [0.3, 0.4) is 0 Å². The molecule has 1 aromatic heterocycles. The van der Waals surface area contributed by atoms with Crippen LogP contribution in [0.15, 0.2) is 30.5 Å². The molecule has 0 aliphatic rings. The minimum atomic E-state index is -0.926. The molecule has 0 aliphatic carbocycles. The van der Waals surface area contributed by atoms with Gasteiger partial charge >= 0.3 is 0 Å². The van der Waals surface area contributed by atoms with Crippen molar-refractivity contribution in [2.24, 2.45) is 0 Å². The fourth-order valence-corrected chi connectivity index (χ4v) is 1.34. The molecule has 0 unspecified atom stereocenters. The van der Waals surface area contributed by atoms with Gasteiger partial charge in [-0.25, -0.2) is 13.2 Å². The van der Waals surface area contributed by atoms with Gasteiger partial charge in [-0.1, -0.05) is 0 Å². The van der Waals surface area contributed by atoms with Crippen molar-refractivity contribution in [2.75, 3.05) is 5.73 Å². The molecule has 5 heteroatoms. The Bertz CT molecular complexity index is 541. The average molecular weight is 224 g/mol. The van der Waals surface area contributed by atoms with Gasteiger partial charge in [-0.3, -0.25) is 4.98 Å². The Kier molecular flexibility index (Phi) is 2.52. The lowest BCUT2D eigenvalue weighted by Crippen LogP contribution is -1.95. The number of hydrogen-bond donors (Lipinski definition) is 1. The number of nitrogens with zero attached hydrogens (tertiary/aromatic N) is 1. The highest BCUT2D eigenvalue weighted by Crippen LogP contribution is 2.25. The molecular weight excluding hydrogens is 217 g/mol. The Morgan fingerprint density at radius 3 is 2.44 bits per heavy atom. The summed E-state index contributed by atoms with van der Waals surface area (Å²) < 4.78 is 39.3. The first-order valence-electron chi connectivity index (χ1n) is 4.44. The van der Waals surface area contributed by atoms with Crippen molar-refractivity contribution >= 4 is 5.69 Å². The highest BCUT2D eigenvalue weighted by atomic mass is 19.1. The number of aromatic nitrogens is 1. The van der Waals surface area contributed by atoms with Crippen molar-refractivity contribution < 1.29 is 13.2 Å². The number of nitrogen functional groups attached to an aromatic ring is 1. The van der Waals surface area contributed by atoms with Gasteiger partial charge in [0.1, 0.15) is 17.3 Å². The van der Waals surface area contributed by atoms with Crippen LogP contribution < -0.4 is 5.73 Å². The zero-order valence-corrected chi connectivity index (χ0v) is 8.05. The fraction of sp³-hybridized carbons (Fsp3) is 0. The number of rotatable bonds is 1.